The van der Waals surface area contributed by atoms with Crippen LogP contribution < -0.4 is 5.32 Å². The van der Waals surface area contributed by atoms with E-state index in [1.165, 1.54) is 12.1 Å². The van der Waals surface area contributed by atoms with Crippen molar-refractivity contribution in [1.29, 1.82) is 0 Å². The minimum absolute atomic E-state index is 0.143. The highest BCUT2D eigenvalue weighted by atomic mass is 19.1. The molecule has 0 saturated carbocycles. The van der Waals surface area contributed by atoms with E-state index in [1.54, 1.807) is 6.20 Å². The number of benzene rings is 1. The highest BCUT2D eigenvalue weighted by Crippen LogP contribution is 2.11. The van der Waals surface area contributed by atoms with Crippen molar-refractivity contribution in [3.63, 3.8) is 0 Å². The summed E-state index contributed by atoms with van der Waals surface area (Å²) < 4.78 is 28.0. The minimum Gasteiger partial charge on any atom is -0.356 e. The highest BCUT2D eigenvalue weighted by molar-refractivity contribution is 5.76. The Hall–Kier alpha value is -2.24. The SMILES string of the molecule is CC(CNC(=O)CCc1ccc(F)cc1F)Cn1cccn1. The van der Waals surface area contributed by atoms with Crippen LogP contribution in [0.1, 0.15) is 18.9 Å². The number of halogens is 2. The van der Waals surface area contributed by atoms with Crippen LogP contribution in [-0.2, 0) is 17.8 Å². The standard InChI is InChI=1S/C16H19F2N3O/c1-12(11-21-8-2-7-20-21)10-19-16(22)6-4-13-3-5-14(17)9-15(13)18/h2-3,5,7-9,12H,4,6,10-11H2,1H3,(H,19,22). The number of hydrogen-bond donors (Lipinski definition) is 1. The number of nitrogens with zero attached hydrogens (tertiary/aromatic N) is 2. The molecule has 0 aliphatic heterocycles. The molecule has 22 heavy (non-hydrogen) atoms. The lowest BCUT2D eigenvalue weighted by Gasteiger charge is -2.13. The monoisotopic (exact) mass is 307 g/mol. The summed E-state index contributed by atoms with van der Waals surface area (Å²) in [6.07, 6.45) is 4.01. The average Bonchev–Trinajstić information content (AvgIpc) is 2.97. The van der Waals surface area contributed by atoms with E-state index < -0.39 is 11.6 Å². The second-order valence-corrected chi connectivity index (χ2v) is 5.37. The molecule has 0 spiro atoms. The Balaban J connectivity index is 1.71. The molecule has 1 heterocycles. The van der Waals surface area contributed by atoms with Gasteiger partial charge in [-0.2, -0.15) is 5.10 Å². The van der Waals surface area contributed by atoms with E-state index in [4.69, 9.17) is 0 Å². The van der Waals surface area contributed by atoms with Gasteiger partial charge in [-0.25, -0.2) is 8.78 Å². The van der Waals surface area contributed by atoms with E-state index in [2.05, 4.69) is 10.4 Å². The fraction of sp³-hybridized carbons (Fsp3) is 0.375. The quantitative estimate of drug-likeness (QED) is 0.854. The molecule has 0 aliphatic rings. The van der Waals surface area contributed by atoms with E-state index in [0.717, 1.165) is 12.6 Å². The molecule has 1 atom stereocenters. The summed E-state index contributed by atoms with van der Waals surface area (Å²) in [5.74, 6) is -1.12. The molecule has 0 saturated heterocycles. The molecule has 0 bridgehead atoms. The van der Waals surface area contributed by atoms with Gasteiger partial charge in [0.15, 0.2) is 0 Å². The van der Waals surface area contributed by atoms with Gasteiger partial charge in [0.25, 0.3) is 0 Å². The predicted molar refractivity (Wildman–Crippen MR) is 79.1 cm³/mol. The summed E-state index contributed by atoms with van der Waals surface area (Å²) in [6, 6.07) is 5.25. The van der Waals surface area contributed by atoms with Crippen molar-refractivity contribution in [3.05, 3.63) is 53.9 Å². The van der Waals surface area contributed by atoms with Crippen molar-refractivity contribution in [1.82, 2.24) is 15.1 Å². The summed E-state index contributed by atoms with van der Waals surface area (Å²) in [6.45, 7) is 3.27. The smallest absolute Gasteiger partial charge is 0.220 e. The number of hydrogen-bond acceptors (Lipinski definition) is 2. The van der Waals surface area contributed by atoms with Crippen molar-refractivity contribution >= 4 is 5.91 Å². The van der Waals surface area contributed by atoms with Crippen LogP contribution in [0.15, 0.2) is 36.7 Å². The first kappa shape index (κ1) is 16.1. The molecule has 0 fully saturated rings. The first-order valence-electron chi connectivity index (χ1n) is 7.22. The number of rotatable bonds is 7. The third-order valence-electron chi connectivity index (χ3n) is 3.34. The van der Waals surface area contributed by atoms with Gasteiger partial charge in [-0.1, -0.05) is 13.0 Å². The van der Waals surface area contributed by atoms with Crippen LogP contribution in [0.2, 0.25) is 0 Å². The van der Waals surface area contributed by atoms with Crippen LogP contribution in [0, 0.1) is 17.6 Å². The van der Waals surface area contributed by atoms with E-state index in [1.807, 2.05) is 23.9 Å². The van der Waals surface area contributed by atoms with Gasteiger partial charge in [-0.05, 0) is 30.0 Å². The average molecular weight is 307 g/mol. The fourth-order valence-electron chi connectivity index (χ4n) is 2.14. The normalized spacial score (nSPS) is 12.1. The zero-order chi connectivity index (χ0) is 15.9. The Kier molecular flexibility index (Phi) is 5.63. The van der Waals surface area contributed by atoms with Gasteiger partial charge in [-0.15, -0.1) is 0 Å². The number of amides is 1. The van der Waals surface area contributed by atoms with Crippen molar-refractivity contribution in [3.8, 4) is 0 Å². The largest absolute Gasteiger partial charge is 0.356 e. The zero-order valence-corrected chi connectivity index (χ0v) is 12.4. The number of aromatic nitrogens is 2. The molecule has 0 radical (unpaired) electrons. The maximum absolute atomic E-state index is 13.4. The van der Waals surface area contributed by atoms with Gasteiger partial charge in [-0.3, -0.25) is 9.48 Å². The summed E-state index contributed by atoms with van der Waals surface area (Å²) in [5.41, 5.74) is 0.348. The molecule has 1 unspecified atom stereocenters. The molecular weight excluding hydrogens is 288 g/mol. The fourth-order valence-corrected chi connectivity index (χ4v) is 2.14. The molecule has 1 N–H and O–H groups in total. The lowest BCUT2D eigenvalue weighted by molar-refractivity contribution is -0.121. The van der Waals surface area contributed by atoms with Gasteiger partial charge >= 0.3 is 0 Å². The molecule has 2 rings (SSSR count). The Morgan fingerprint density at radius 1 is 1.41 bits per heavy atom. The lowest BCUT2D eigenvalue weighted by atomic mass is 10.1. The molecule has 1 aromatic carbocycles. The van der Waals surface area contributed by atoms with Gasteiger partial charge in [0.1, 0.15) is 11.6 Å². The Labute approximate surface area is 128 Å². The van der Waals surface area contributed by atoms with Crippen molar-refractivity contribution < 1.29 is 13.6 Å². The van der Waals surface area contributed by atoms with Crippen molar-refractivity contribution in [2.45, 2.75) is 26.3 Å². The Morgan fingerprint density at radius 3 is 2.91 bits per heavy atom. The van der Waals surface area contributed by atoms with Crippen LogP contribution in [0.4, 0.5) is 8.78 Å². The van der Waals surface area contributed by atoms with E-state index in [0.29, 0.717) is 12.1 Å². The summed E-state index contributed by atoms with van der Waals surface area (Å²) in [5, 5.41) is 6.93. The zero-order valence-electron chi connectivity index (χ0n) is 12.4. The predicted octanol–water partition coefficient (Wildman–Crippen LogP) is 2.55. The van der Waals surface area contributed by atoms with Crippen LogP contribution in [0.3, 0.4) is 0 Å². The number of aryl methyl sites for hydroxylation is 1. The van der Waals surface area contributed by atoms with E-state index in [-0.39, 0.29) is 24.7 Å². The van der Waals surface area contributed by atoms with Crippen LogP contribution in [0.5, 0.6) is 0 Å². The second-order valence-electron chi connectivity index (χ2n) is 5.37. The minimum atomic E-state index is -0.613. The van der Waals surface area contributed by atoms with E-state index >= 15 is 0 Å². The maximum atomic E-state index is 13.4. The first-order valence-corrected chi connectivity index (χ1v) is 7.22. The molecule has 6 heteroatoms. The van der Waals surface area contributed by atoms with Gasteiger partial charge in [0, 0.05) is 38.0 Å². The summed E-state index contributed by atoms with van der Waals surface area (Å²) in [7, 11) is 0. The van der Waals surface area contributed by atoms with Crippen molar-refractivity contribution in [2.24, 2.45) is 5.92 Å². The topological polar surface area (TPSA) is 46.9 Å². The highest BCUT2D eigenvalue weighted by Gasteiger charge is 2.09. The van der Waals surface area contributed by atoms with Crippen LogP contribution in [-0.4, -0.2) is 22.2 Å². The molecule has 1 amide bonds. The van der Waals surface area contributed by atoms with Crippen LogP contribution in [0.25, 0.3) is 0 Å². The summed E-state index contributed by atoms with van der Waals surface area (Å²) in [4.78, 5) is 11.8. The molecule has 118 valence electrons. The van der Waals surface area contributed by atoms with Crippen LogP contribution >= 0.6 is 0 Å². The number of carbonyl (C=O) groups is 1. The molecule has 1 aromatic heterocycles. The first-order chi connectivity index (χ1) is 10.5. The second kappa shape index (κ2) is 7.68. The third kappa shape index (κ3) is 4.95. The van der Waals surface area contributed by atoms with Gasteiger partial charge in [0.05, 0.1) is 0 Å². The maximum Gasteiger partial charge on any atom is 0.220 e. The van der Waals surface area contributed by atoms with Crippen molar-refractivity contribution in [2.75, 3.05) is 6.54 Å². The number of carbonyl (C=O) groups excluding carboxylic acids is 1. The Morgan fingerprint density at radius 2 is 2.23 bits per heavy atom. The molecule has 4 nitrogen and oxygen atoms in total. The molecule has 0 aliphatic carbocycles. The number of nitrogens with one attached hydrogen (secondary N) is 1. The summed E-state index contributed by atoms with van der Waals surface area (Å²) >= 11 is 0. The van der Waals surface area contributed by atoms with Gasteiger partial charge < -0.3 is 5.32 Å². The molecular formula is C16H19F2N3O. The van der Waals surface area contributed by atoms with E-state index in [9.17, 15) is 13.6 Å². The Bertz CT molecular complexity index is 614. The van der Waals surface area contributed by atoms with Gasteiger partial charge in [0.2, 0.25) is 5.91 Å². The lowest BCUT2D eigenvalue weighted by Crippen LogP contribution is -2.30. The third-order valence-corrected chi connectivity index (χ3v) is 3.34. The molecule has 2 aromatic rings.